The number of hydrogen-bond acceptors (Lipinski definition) is 4. The molecule has 0 bridgehead atoms. The van der Waals surface area contributed by atoms with E-state index in [9.17, 15) is 9.59 Å². The summed E-state index contributed by atoms with van der Waals surface area (Å²) in [6, 6.07) is 15.0. The molecule has 2 aromatic carbocycles. The third-order valence-corrected chi connectivity index (χ3v) is 3.66. The fourth-order valence-corrected chi connectivity index (χ4v) is 2.39. The lowest BCUT2D eigenvalue weighted by Gasteiger charge is -2.15. The van der Waals surface area contributed by atoms with Crippen LogP contribution in [-0.4, -0.2) is 25.5 Å². The molecule has 0 radical (unpaired) electrons. The number of carbonyl (C=O) groups is 2. The standard InChI is InChI=1S/C19H23N3O3/c1-13(15-7-5-4-6-8-15)20-12-19(24)22-17-11-16(21-14(2)23)9-10-18(17)25-3/h4-11,13,20H,12H2,1-3H3,(H,21,23)(H,22,24)/t13-/m0/s1. The first-order chi connectivity index (χ1) is 12.0. The molecule has 0 spiro atoms. The first kappa shape index (κ1) is 18.5. The summed E-state index contributed by atoms with van der Waals surface area (Å²) in [6.07, 6.45) is 0. The number of nitrogens with one attached hydrogen (secondary N) is 3. The highest BCUT2D eigenvalue weighted by atomic mass is 16.5. The molecule has 3 N–H and O–H groups in total. The van der Waals surface area contributed by atoms with Crippen LogP contribution >= 0.6 is 0 Å². The van der Waals surface area contributed by atoms with Crippen molar-refractivity contribution in [2.24, 2.45) is 0 Å². The fourth-order valence-electron chi connectivity index (χ4n) is 2.39. The molecule has 132 valence electrons. The second kappa shape index (κ2) is 8.84. The van der Waals surface area contributed by atoms with Crippen molar-refractivity contribution >= 4 is 23.2 Å². The van der Waals surface area contributed by atoms with Crippen molar-refractivity contribution < 1.29 is 14.3 Å². The van der Waals surface area contributed by atoms with Gasteiger partial charge in [-0.1, -0.05) is 30.3 Å². The van der Waals surface area contributed by atoms with Crippen LogP contribution in [-0.2, 0) is 9.59 Å². The first-order valence-electron chi connectivity index (χ1n) is 8.03. The molecule has 2 aromatic rings. The molecule has 0 heterocycles. The van der Waals surface area contributed by atoms with Crippen molar-refractivity contribution in [3.05, 3.63) is 54.1 Å². The minimum absolute atomic E-state index is 0.0551. The van der Waals surface area contributed by atoms with Gasteiger partial charge in [-0.2, -0.15) is 0 Å². The highest BCUT2D eigenvalue weighted by molar-refractivity contribution is 5.95. The van der Waals surface area contributed by atoms with Gasteiger partial charge in [-0.3, -0.25) is 9.59 Å². The number of rotatable bonds is 7. The van der Waals surface area contributed by atoms with E-state index < -0.39 is 0 Å². The van der Waals surface area contributed by atoms with Crippen LogP contribution in [0.3, 0.4) is 0 Å². The summed E-state index contributed by atoms with van der Waals surface area (Å²) < 4.78 is 5.25. The zero-order valence-electron chi connectivity index (χ0n) is 14.6. The Morgan fingerprint density at radius 3 is 2.44 bits per heavy atom. The number of hydrogen-bond donors (Lipinski definition) is 3. The average molecular weight is 341 g/mol. The van der Waals surface area contributed by atoms with Gasteiger partial charge >= 0.3 is 0 Å². The van der Waals surface area contributed by atoms with Crippen LogP contribution in [0.4, 0.5) is 11.4 Å². The fraction of sp³-hybridized carbons (Fsp3) is 0.263. The van der Waals surface area contributed by atoms with E-state index in [1.807, 2.05) is 37.3 Å². The van der Waals surface area contributed by atoms with Crippen molar-refractivity contribution in [3.8, 4) is 5.75 Å². The summed E-state index contributed by atoms with van der Waals surface area (Å²) in [4.78, 5) is 23.4. The zero-order chi connectivity index (χ0) is 18.2. The minimum atomic E-state index is -0.193. The van der Waals surface area contributed by atoms with Crippen LogP contribution in [0.25, 0.3) is 0 Å². The van der Waals surface area contributed by atoms with Crippen molar-refractivity contribution in [2.45, 2.75) is 19.9 Å². The van der Waals surface area contributed by atoms with Crippen molar-refractivity contribution in [3.63, 3.8) is 0 Å². The third-order valence-electron chi connectivity index (χ3n) is 3.66. The molecule has 0 aromatic heterocycles. The van der Waals surface area contributed by atoms with E-state index in [-0.39, 0.29) is 24.4 Å². The van der Waals surface area contributed by atoms with Gasteiger partial charge in [0.05, 0.1) is 19.3 Å². The van der Waals surface area contributed by atoms with Gasteiger partial charge in [-0.05, 0) is 30.7 Å². The molecule has 0 aliphatic heterocycles. The topological polar surface area (TPSA) is 79.5 Å². The molecule has 0 saturated heterocycles. The van der Waals surface area contributed by atoms with Crippen LogP contribution in [0.2, 0.25) is 0 Å². The van der Waals surface area contributed by atoms with Crippen LogP contribution < -0.4 is 20.7 Å². The Bertz CT molecular complexity index is 732. The second-order valence-corrected chi connectivity index (χ2v) is 5.66. The van der Waals surface area contributed by atoms with Gasteiger partial charge in [0.2, 0.25) is 11.8 Å². The number of methoxy groups -OCH3 is 1. The Hall–Kier alpha value is -2.86. The average Bonchev–Trinajstić information content (AvgIpc) is 2.60. The predicted octanol–water partition coefficient (Wildman–Crippen LogP) is 2.94. The van der Waals surface area contributed by atoms with Gasteiger partial charge in [0.25, 0.3) is 0 Å². The molecule has 1 atom stereocenters. The van der Waals surface area contributed by atoms with E-state index in [2.05, 4.69) is 16.0 Å². The van der Waals surface area contributed by atoms with Gasteiger partial charge in [0.1, 0.15) is 5.75 Å². The summed E-state index contributed by atoms with van der Waals surface area (Å²) >= 11 is 0. The highest BCUT2D eigenvalue weighted by Gasteiger charge is 2.11. The zero-order valence-corrected chi connectivity index (χ0v) is 14.6. The number of carbonyl (C=O) groups excluding carboxylic acids is 2. The molecular weight excluding hydrogens is 318 g/mol. The molecule has 0 aliphatic carbocycles. The van der Waals surface area contributed by atoms with Crippen LogP contribution in [0.15, 0.2) is 48.5 Å². The summed E-state index contributed by atoms with van der Waals surface area (Å²) in [5, 5.41) is 8.66. The van der Waals surface area contributed by atoms with Crippen LogP contribution in [0, 0.1) is 0 Å². The highest BCUT2D eigenvalue weighted by Crippen LogP contribution is 2.27. The maximum absolute atomic E-state index is 12.2. The Kier molecular flexibility index (Phi) is 6.54. The van der Waals surface area contributed by atoms with E-state index in [0.717, 1.165) is 5.56 Å². The number of benzene rings is 2. The molecule has 0 saturated carbocycles. The normalized spacial score (nSPS) is 11.5. The van der Waals surface area contributed by atoms with E-state index in [0.29, 0.717) is 17.1 Å². The van der Waals surface area contributed by atoms with Crippen molar-refractivity contribution in [1.29, 1.82) is 0 Å². The van der Waals surface area contributed by atoms with Crippen molar-refractivity contribution in [2.75, 3.05) is 24.3 Å². The third kappa shape index (κ3) is 5.61. The summed E-state index contributed by atoms with van der Waals surface area (Å²) in [5.41, 5.74) is 2.21. The largest absolute Gasteiger partial charge is 0.495 e. The Balaban J connectivity index is 1.98. The van der Waals surface area contributed by atoms with Crippen LogP contribution in [0.1, 0.15) is 25.5 Å². The molecule has 0 unspecified atom stereocenters. The maximum atomic E-state index is 12.2. The molecule has 0 fully saturated rings. The second-order valence-electron chi connectivity index (χ2n) is 5.66. The van der Waals surface area contributed by atoms with E-state index in [1.54, 1.807) is 18.2 Å². The lowest BCUT2D eigenvalue weighted by Crippen LogP contribution is -2.30. The molecule has 2 rings (SSSR count). The lowest BCUT2D eigenvalue weighted by atomic mass is 10.1. The van der Waals surface area contributed by atoms with Gasteiger partial charge < -0.3 is 20.7 Å². The Morgan fingerprint density at radius 1 is 1.08 bits per heavy atom. The molecule has 6 heteroatoms. The first-order valence-corrected chi connectivity index (χ1v) is 8.03. The van der Waals surface area contributed by atoms with Crippen LogP contribution in [0.5, 0.6) is 5.75 Å². The summed E-state index contributed by atoms with van der Waals surface area (Å²) in [5.74, 6) is 0.153. The van der Waals surface area contributed by atoms with E-state index in [1.165, 1.54) is 14.0 Å². The Labute approximate surface area is 147 Å². The van der Waals surface area contributed by atoms with Gasteiger partial charge in [0.15, 0.2) is 0 Å². The minimum Gasteiger partial charge on any atom is -0.495 e. The van der Waals surface area contributed by atoms with Gasteiger partial charge in [-0.25, -0.2) is 0 Å². The molecule has 2 amide bonds. The predicted molar refractivity (Wildman–Crippen MR) is 98.8 cm³/mol. The number of amides is 2. The van der Waals surface area contributed by atoms with Crippen molar-refractivity contribution in [1.82, 2.24) is 5.32 Å². The molecule has 25 heavy (non-hydrogen) atoms. The SMILES string of the molecule is COc1ccc(NC(C)=O)cc1NC(=O)CN[C@@H](C)c1ccccc1. The molecule has 0 aliphatic rings. The maximum Gasteiger partial charge on any atom is 0.238 e. The Morgan fingerprint density at radius 2 is 1.80 bits per heavy atom. The quantitative estimate of drug-likeness (QED) is 0.723. The summed E-state index contributed by atoms with van der Waals surface area (Å²) in [7, 11) is 1.53. The molecule has 6 nitrogen and oxygen atoms in total. The lowest BCUT2D eigenvalue weighted by molar-refractivity contribution is -0.115. The van der Waals surface area contributed by atoms with E-state index >= 15 is 0 Å². The van der Waals surface area contributed by atoms with E-state index in [4.69, 9.17) is 4.74 Å². The molecular formula is C19H23N3O3. The van der Waals surface area contributed by atoms with Gasteiger partial charge in [0, 0.05) is 18.7 Å². The van der Waals surface area contributed by atoms with Gasteiger partial charge in [-0.15, -0.1) is 0 Å². The number of ether oxygens (including phenoxy) is 1. The smallest absolute Gasteiger partial charge is 0.238 e. The number of anilines is 2. The summed E-state index contributed by atoms with van der Waals surface area (Å²) in [6.45, 7) is 3.58. The monoisotopic (exact) mass is 341 g/mol.